The molecule has 1 heterocycles. The quantitative estimate of drug-likeness (QED) is 0.853. The second kappa shape index (κ2) is 8.04. The summed E-state index contributed by atoms with van der Waals surface area (Å²) in [6.45, 7) is 2.06. The lowest BCUT2D eigenvalue weighted by molar-refractivity contribution is -0.130. The molecule has 7 heteroatoms. The van der Waals surface area contributed by atoms with Gasteiger partial charge in [0.15, 0.2) is 0 Å². The zero-order valence-corrected chi connectivity index (χ0v) is 14.0. The average molecular weight is 355 g/mol. The van der Waals surface area contributed by atoms with Gasteiger partial charge in [0.05, 0.1) is 28.5 Å². The fourth-order valence-electron chi connectivity index (χ4n) is 1.99. The van der Waals surface area contributed by atoms with E-state index in [1.807, 2.05) is 0 Å². The van der Waals surface area contributed by atoms with Crippen molar-refractivity contribution in [1.82, 2.24) is 4.90 Å². The highest BCUT2D eigenvalue weighted by Crippen LogP contribution is 2.29. The Morgan fingerprint density at radius 3 is 2.65 bits per heavy atom. The van der Waals surface area contributed by atoms with Crippen LogP contribution < -0.4 is 5.32 Å². The Kier molecular flexibility index (Phi) is 6.07. The SMILES string of the molecule is CC(=O)N(CCC(=O)Nc1cccc(Cl)c1Cl)Cc1ccco1. The summed E-state index contributed by atoms with van der Waals surface area (Å²) in [5.74, 6) is 0.286. The maximum Gasteiger partial charge on any atom is 0.226 e. The minimum absolute atomic E-state index is 0.130. The van der Waals surface area contributed by atoms with Crippen molar-refractivity contribution >= 4 is 40.7 Å². The van der Waals surface area contributed by atoms with Gasteiger partial charge in [0, 0.05) is 19.9 Å². The average Bonchev–Trinajstić information content (AvgIpc) is 3.01. The number of rotatable bonds is 6. The normalized spacial score (nSPS) is 10.4. The standard InChI is InChI=1S/C16H16Cl2N2O3/c1-11(21)20(10-12-4-3-9-23-12)8-7-15(22)19-14-6-2-5-13(17)16(14)18/h2-6,9H,7-8,10H2,1H3,(H,19,22). The predicted molar refractivity (Wildman–Crippen MR) is 89.5 cm³/mol. The fraction of sp³-hybridized carbons (Fsp3) is 0.250. The van der Waals surface area contributed by atoms with Crippen molar-refractivity contribution in [2.24, 2.45) is 0 Å². The van der Waals surface area contributed by atoms with Gasteiger partial charge in [-0.25, -0.2) is 0 Å². The van der Waals surface area contributed by atoms with Crippen LogP contribution in [0.25, 0.3) is 0 Å². The number of anilines is 1. The van der Waals surface area contributed by atoms with Crippen LogP contribution >= 0.6 is 23.2 Å². The van der Waals surface area contributed by atoms with Crippen molar-refractivity contribution in [1.29, 1.82) is 0 Å². The number of carbonyl (C=O) groups excluding carboxylic acids is 2. The third-order valence-electron chi connectivity index (χ3n) is 3.21. The van der Waals surface area contributed by atoms with Crippen molar-refractivity contribution in [3.8, 4) is 0 Å². The summed E-state index contributed by atoms with van der Waals surface area (Å²) in [4.78, 5) is 25.2. The number of benzene rings is 1. The molecule has 5 nitrogen and oxygen atoms in total. The highest BCUT2D eigenvalue weighted by Gasteiger charge is 2.14. The molecule has 23 heavy (non-hydrogen) atoms. The van der Waals surface area contributed by atoms with Crippen molar-refractivity contribution in [2.75, 3.05) is 11.9 Å². The first-order valence-electron chi connectivity index (χ1n) is 6.99. The van der Waals surface area contributed by atoms with Crippen molar-refractivity contribution < 1.29 is 14.0 Å². The Bertz CT molecular complexity index is 687. The number of hydrogen-bond acceptors (Lipinski definition) is 3. The molecule has 0 saturated carbocycles. The molecule has 2 rings (SSSR count). The van der Waals surface area contributed by atoms with Crippen LogP contribution in [0.1, 0.15) is 19.1 Å². The summed E-state index contributed by atoms with van der Waals surface area (Å²) in [7, 11) is 0. The highest BCUT2D eigenvalue weighted by atomic mass is 35.5. The monoisotopic (exact) mass is 354 g/mol. The molecule has 0 aliphatic rings. The zero-order valence-electron chi connectivity index (χ0n) is 12.5. The molecule has 0 atom stereocenters. The smallest absolute Gasteiger partial charge is 0.226 e. The van der Waals surface area contributed by atoms with Gasteiger partial charge in [-0.05, 0) is 24.3 Å². The second-order valence-electron chi connectivity index (χ2n) is 4.92. The summed E-state index contributed by atoms with van der Waals surface area (Å²) in [5, 5.41) is 3.35. The van der Waals surface area contributed by atoms with E-state index in [1.54, 1.807) is 36.6 Å². The molecule has 0 spiro atoms. The molecule has 0 saturated heterocycles. The van der Waals surface area contributed by atoms with Crippen LogP contribution in [0.5, 0.6) is 0 Å². The van der Waals surface area contributed by atoms with Crippen molar-refractivity contribution in [3.63, 3.8) is 0 Å². The van der Waals surface area contributed by atoms with E-state index in [9.17, 15) is 9.59 Å². The molecule has 1 aromatic heterocycles. The van der Waals surface area contributed by atoms with Crippen LogP contribution in [0.15, 0.2) is 41.0 Å². The molecular weight excluding hydrogens is 339 g/mol. The Balaban J connectivity index is 1.91. The van der Waals surface area contributed by atoms with Crippen LogP contribution in [-0.4, -0.2) is 23.3 Å². The Morgan fingerprint density at radius 1 is 1.22 bits per heavy atom. The van der Waals surface area contributed by atoms with Crippen LogP contribution in [0, 0.1) is 0 Å². The third-order valence-corrected chi connectivity index (χ3v) is 4.03. The van der Waals surface area contributed by atoms with Crippen LogP contribution in [0.4, 0.5) is 5.69 Å². The Labute approximate surface area is 144 Å². The van der Waals surface area contributed by atoms with E-state index in [0.29, 0.717) is 28.0 Å². The van der Waals surface area contributed by atoms with Gasteiger partial charge >= 0.3 is 0 Å². The van der Waals surface area contributed by atoms with E-state index in [4.69, 9.17) is 27.6 Å². The molecule has 0 fully saturated rings. The molecular formula is C16H16Cl2N2O3. The number of amides is 2. The van der Waals surface area contributed by atoms with Crippen molar-refractivity contribution in [2.45, 2.75) is 19.9 Å². The molecule has 1 aromatic carbocycles. The minimum Gasteiger partial charge on any atom is -0.467 e. The number of furan rings is 1. The Hall–Kier alpha value is -1.98. The largest absolute Gasteiger partial charge is 0.467 e. The lowest BCUT2D eigenvalue weighted by Gasteiger charge is -2.19. The van der Waals surface area contributed by atoms with Crippen LogP contribution in [-0.2, 0) is 16.1 Å². The van der Waals surface area contributed by atoms with Gasteiger partial charge in [0.1, 0.15) is 5.76 Å². The molecule has 0 aliphatic heterocycles. The zero-order chi connectivity index (χ0) is 16.8. The van der Waals surface area contributed by atoms with Gasteiger partial charge in [-0.15, -0.1) is 0 Å². The number of hydrogen-bond donors (Lipinski definition) is 1. The van der Waals surface area contributed by atoms with E-state index in [-0.39, 0.29) is 24.8 Å². The lowest BCUT2D eigenvalue weighted by Crippen LogP contribution is -2.31. The van der Waals surface area contributed by atoms with Crippen molar-refractivity contribution in [3.05, 3.63) is 52.4 Å². The van der Waals surface area contributed by atoms with Gasteiger partial charge < -0.3 is 14.6 Å². The Morgan fingerprint density at radius 2 is 2.00 bits per heavy atom. The number of halogens is 2. The molecule has 2 aromatic rings. The topological polar surface area (TPSA) is 62.6 Å². The second-order valence-corrected chi connectivity index (χ2v) is 5.70. The predicted octanol–water partition coefficient (Wildman–Crippen LogP) is 3.96. The molecule has 0 aliphatic carbocycles. The maximum absolute atomic E-state index is 12.0. The third kappa shape index (κ3) is 5.01. The summed E-state index contributed by atoms with van der Waals surface area (Å²) in [5.41, 5.74) is 0.449. The molecule has 2 amide bonds. The van der Waals surface area contributed by atoms with Gasteiger partial charge in [0.25, 0.3) is 0 Å². The van der Waals surface area contributed by atoms with Crippen LogP contribution in [0.2, 0.25) is 10.0 Å². The summed E-state index contributed by atoms with van der Waals surface area (Å²) in [6.07, 6.45) is 1.69. The van der Waals surface area contributed by atoms with Gasteiger partial charge in [-0.2, -0.15) is 0 Å². The van der Waals surface area contributed by atoms with E-state index in [2.05, 4.69) is 5.32 Å². The highest BCUT2D eigenvalue weighted by molar-refractivity contribution is 6.43. The van der Waals surface area contributed by atoms with Crippen LogP contribution in [0.3, 0.4) is 0 Å². The number of carbonyl (C=O) groups is 2. The molecule has 0 radical (unpaired) electrons. The first kappa shape index (κ1) is 17.4. The van der Waals surface area contributed by atoms with Gasteiger partial charge in [-0.3, -0.25) is 9.59 Å². The number of nitrogens with one attached hydrogen (secondary N) is 1. The molecule has 122 valence electrons. The maximum atomic E-state index is 12.0. The fourth-order valence-corrected chi connectivity index (χ4v) is 2.34. The molecule has 0 bridgehead atoms. The first-order valence-corrected chi connectivity index (χ1v) is 7.74. The molecule has 1 N–H and O–H groups in total. The molecule has 0 unspecified atom stereocenters. The van der Waals surface area contributed by atoms with E-state index >= 15 is 0 Å². The van der Waals surface area contributed by atoms with E-state index in [0.717, 1.165) is 0 Å². The van der Waals surface area contributed by atoms with Gasteiger partial charge in [-0.1, -0.05) is 29.3 Å². The summed E-state index contributed by atoms with van der Waals surface area (Å²) < 4.78 is 5.22. The van der Waals surface area contributed by atoms with E-state index < -0.39 is 0 Å². The van der Waals surface area contributed by atoms with Gasteiger partial charge in [0.2, 0.25) is 11.8 Å². The number of nitrogens with zero attached hydrogens (tertiary/aromatic N) is 1. The lowest BCUT2D eigenvalue weighted by atomic mass is 10.3. The first-order chi connectivity index (χ1) is 11.0. The van der Waals surface area contributed by atoms with E-state index in [1.165, 1.54) is 11.8 Å². The minimum atomic E-state index is -0.250. The summed E-state index contributed by atoms with van der Waals surface area (Å²) in [6, 6.07) is 8.53. The summed E-state index contributed by atoms with van der Waals surface area (Å²) >= 11 is 11.9.